The van der Waals surface area contributed by atoms with Gasteiger partial charge >= 0.3 is 12.2 Å². The maximum Gasteiger partial charge on any atom is 0.407 e. The van der Waals surface area contributed by atoms with Gasteiger partial charge in [0, 0.05) is 35.2 Å². The number of likely N-dealkylation sites (tertiary alicyclic amines) is 2. The van der Waals surface area contributed by atoms with E-state index in [1.807, 2.05) is 93.8 Å². The molecule has 3 aliphatic rings. The molecule has 0 aliphatic carbocycles. The summed E-state index contributed by atoms with van der Waals surface area (Å²) in [4.78, 5) is 71.7. The van der Waals surface area contributed by atoms with Gasteiger partial charge < -0.3 is 53.9 Å². The number of methoxy groups -OCH3 is 2. The lowest BCUT2D eigenvalue weighted by Crippen LogP contribution is -2.51. The molecule has 3 aromatic heterocycles. The number of hydrogen-bond donors (Lipinski definition) is 4. The van der Waals surface area contributed by atoms with Gasteiger partial charge in [-0.1, -0.05) is 45.9 Å². The van der Waals surface area contributed by atoms with Crippen LogP contribution in [0.5, 0.6) is 11.5 Å². The number of H-pyrrole nitrogens is 2. The third-order valence-electron chi connectivity index (χ3n) is 13.4. The van der Waals surface area contributed by atoms with Gasteiger partial charge in [-0.3, -0.25) is 9.59 Å². The summed E-state index contributed by atoms with van der Waals surface area (Å²) in [6.45, 7) is 10.9. The highest BCUT2D eigenvalue weighted by molar-refractivity contribution is 5.93. The second-order valence-electron chi connectivity index (χ2n) is 18.4. The van der Waals surface area contributed by atoms with Crippen molar-refractivity contribution in [2.24, 2.45) is 11.8 Å². The fourth-order valence-corrected chi connectivity index (χ4v) is 9.93. The molecule has 6 aromatic rings. The molecule has 4 amide bonds. The van der Waals surface area contributed by atoms with Crippen LogP contribution in [0.1, 0.15) is 95.8 Å². The summed E-state index contributed by atoms with van der Waals surface area (Å²) >= 11 is 0. The van der Waals surface area contributed by atoms with Crippen molar-refractivity contribution in [3.8, 4) is 45.3 Å². The SMILES string of the molecule is CCOc1cccc(C2Oc3cc(-c4cnc([C@@H]5CCCN5C(=O)[C@H](NC(=O)OC)C(C)C)[nH]4)cc(F)c3-c3cc4cc(-c5cnc([C@@H]6CCCN6C(=O)[C@H](NC(=O)OC)C(C)C)[nH]5)ccc4n32)c1. The standard InChI is InChI=1S/C51H58FN9O8/c1-8-68-33-13-9-12-30(21-33)49-61-37-17-16-29(35-25-53-45(55-35)38-14-10-18-59(38)47(62)43(27(2)3)57-50(64)66-6)20-32(37)23-40(61)42-34(52)22-31(24-41(42)69-49)36-26-54-46(56-36)39-15-11-19-60(39)48(63)44(28(4)5)58-51(65)67-7/h9,12-13,16-17,20-28,38-39,43-44,49H,8,10-11,14-15,18-19H2,1-7H3,(H,53,55)(H,54,56)(H,57,64)(H,58,65)/t38-,39-,43+,44+,49?/m0/s1. The lowest BCUT2D eigenvalue weighted by molar-refractivity contribution is -0.136. The summed E-state index contributed by atoms with van der Waals surface area (Å²) in [6.07, 6.45) is 4.27. The maximum atomic E-state index is 16.9. The Morgan fingerprint density at radius 1 is 0.783 bits per heavy atom. The number of nitrogens with one attached hydrogen (secondary N) is 4. The number of rotatable bonds is 13. The minimum atomic E-state index is -0.781. The summed E-state index contributed by atoms with van der Waals surface area (Å²) < 4.78 is 41.3. The molecule has 2 fully saturated rings. The van der Waals surface area contributed by atoms with E-state index in [0.29, 0.717) is 78.2 Å². The Bertz CT molecular complexity index is 2910. The summed E-state index contributed by atoms with van der Waals surface area (Å²) in [7, 11) is 2.54. The molecular weight excluding hydrogens is 886 g/mol. The van der Waals surface area contributed by atoms with Crippen molar-refractivity contribution in [1.82, 2.24) is 44.9 Å². The van der Waals surface area contributed by atoms with Crippen LogP contribution in [0.3, 0.4) is 0 Å². The van der Waals surface area contributed by atoms with Gasteiger partial charge in [-0.2, -0.15) is 0 Å². The first-order valence-corrected chi connectivity index (χ1v) is 23.6. The molecule has 69 heavy (non-hydrogen) atoms. The molecule has 9 rings (SSSR count). The first kappa shape index (κ1) is 46.7. The van der Waals surface area contributed by atoms with Gasteiger partial charge in [-0.15, -0.1) is 0 Å². The minimum absolute atomic E-state index is 0.160. The molecule has 4 N–H and O–H groups in total. The van der Waals surface area contributed by atoms with E-state index >= 15 is 4.39 Å². The summed E-state index contributed by atoms with van der Waals surface area (Å²) in [5.41, 5.74) is 5.19. The van der Waals surface area contributed by atoms with Crippen molar-refractivity contribution in [2.45, 2.75) is 90.7 Å². The predicted octanol–water partition coefficient (Wildman–Crippen LogP) is 8.65. The maximum absolute atomic E-state index is 16.9. The number of hydrogen-bond acceptors (Lipinski definition) is 10. The van der Waals surface area contributed by atoms with E-state index < -0.39 is 36.3 Å². The molecule has 3 aliphatic heterocycles. The fraction of sp³-hybridized carbons (Fsp3) is 0.412. The van der Waals surface area contributed by atoms with Gasteiger partial charge in [0.05, 0.1) is 73.5 Å². The van der Waals surface area contributed by atoms with Gasteiger partial charge in [0.2, 0.25) is 18.0 Å². The van der Waals surface area contributed by atoms with Crippen LogP contribution in [0, 0.1) is 17.7 Å². The largest absolute Gasteiger partial charge is 0.494 e. The average Bonchev–Trinajstić information content (AvgIpc) is 4.20. The molecule has 0 spiro atoms. The Labute approximate surface area is 399 Å². The van der Waals surface area contributed by atoms with Crippen LogP contribution in [-0.2, 0) is 19.1 Å². The van der Waals surface area contributed by atoms with Gasteiger partial charge in [0.25, 0.3) is 0 Å². The molecule has 5 atom stereocenters. The first-order chi connectivity index (χ1) is 33.3. The van der Waals surface area contributed by atoms with E-state index in [4.69, 9.17) is 28.9 Å². The van der Waals surface area contributed by atoms with E-state index in [2.05, 4.69) is 20.6 Å². The number of amides is 4. The number of imidazole rings is 2. The third kappa shape index (κ3) is 8.95. The van der Waals surface area contributed by atoms with Crippen LogP contribution in [0.4, 0.5) is 14.0 Å². The quantitative estimate of drug-likeness (QED) is 0.0869. The molecule has 6 heterocycles. The molecule has 3 aromatic carbocycles. The van der Waals surface area contributed by atoms with Crippen molar-refractivity contribution in [1.29, 1.82) is 0 Å². The van der Waals surface area contributed by atoms with Gasteiger partial charge in [-0.25, -0.2) is 23.9 Å². The van der Waals surface area contributed by atoms with Crippen LogP contribution < -0.4 is 20.1 Å². The van der Waals surface area contributed by atoms with Crippen molar-refractivity contribution >= 4 is 34.9 Å². The number of aromatic amines is 2. The molecule has 17 nitrogen and oxygen atoms in total. The number of alkyl carbamates (subject to hydrolysis) is 2. The Balaban J connectivity index is 1.04. The second kappa shape index (κ2) is 19.3. The molecule has 0 bridgehead atoms. The van der Waals surface area contributed by atoms with Gasteiger partial charge in [-0.05, 0) is 86.9 Å². The molecule has 0 saturated carbocycles. The zero-order valence-electron chi connectivity index (χ0n) is 39.8. The number of aromatic nitrogens is 5. The predicted molar refractivity (Wildman–Crippen MR) is 255 cm³/mol. The van der Waals surface area contributed by atoms with Crippen molar-refractivity contribution in [2.75, 3.05) is 33.9 Å². The zero-order valence-corrected chi connectivity index (χ0v) is 39.8. The number of benzene rings is 3. The van der Waals surface area contributed by atoms with E-state index in [-0.39, 0.29) is 35.7 Å². The van der Waals surface area contributed by atoms with E-state index in [9.17, 15) is 19.2 Å². The molecule has 18 heteroatoms. The Kier molecular flexibility index (Phi) is 13.1. The van der Waals surface area contributed by atoms with Crippen LogP contribution in [0.15, 0.2) is 73.1 Å². The lowest BCUT2D eigenvalue weighted by atomic mass is 10.0. The average molecular weight is 944 g/mol. The van der Waals surface area contributed by atoms with Crippen molar-refractivity contribution < 1.29 is 42.5 Å². The highest BCUT2D eigenvalue weighted by Gasteiger charge is 2.40. The number of ether oxygens (including phenoxy) is 4. The monoisotopic (exact) mass is 943 g/mol. The molecule has 362 valence electrons. The van der Waals surface area contributed by atoms with Crippen molar-refractivity contribution in [3.63, 3.8) is 0 Å². The van der Waals surface area contributed by atoms with E-state index in [0.717, 1.165) is 40.6 Å². The molecular formula is C51H58FN9O8. The Hall–Kier alpha value is -7.37. The van der Waals surface area contributed by atoms with E-state index in [1.165, 1.54) is 20.3 Å². The van der Waals surface area contributed by atoms with E-state index in [1.54, 1.807) is 22.2 Å². The fourth-order valence-electron chi connectivity index (χ4n) is 9.93. The molecule has 1 unspecified atom stereocenters. The minimum Gasteiger partial charge on any atom is -0.494 e. The zero-order chi connectivity index (χ0) is 48.7. The topological polar surface area (TPSA) is 198 Å². The highest BCUT2D eigenvalue weighted by Crippen LogP contribution is 2.48. The summed E-state index contributed by atoms with van der Waals surface area (Å²) in [6, 6.07) is 16.7. The van der Waals surface area contributed by atoms with Crippen LogP contribution in [0.2, 0.25) is 0 Å². The number of fused-ring (bicyclic) bond motifs is 5. The van der Waals surface area contributed by atoms with Gasteiger partial charge in [0.1, 0.15) is 41.0 Å². The van der Waals surface area contributed by atoms with Gasteiger partial charge in [0.15, 0.2) is 0 Å². The first-order valence-electron chi connectivity index (χ1n) is 23.6. The summed E-state index contributed by atoms with van der Waals surface area (Å²) in [5, 5.41) is 6.22. The number of halogens is 1. The summed E-state index contributed by atoms with van der Waals surface area (Å²) in [5.74, 6) is 0.963. The number of carbonyl (C=O) groups excluding carboxylic acids is 4. The smallest absolute Gasteiger partial charge is 0.407 e. The lowest BCUT2D eigenvalue weighted by Gasteiger charge is -2.31. The number of carbonyl (C=O) groups is 4. The normalized spacial score (nSPS) is 18.4. The second-order valence-corrected chi connectivity index (χ2v) is 18.4. The Morgan fingerprint density at radius 3 is 1.94 bits per heavy atom. The highest BCUT2D eigenvalue weighted by atomic mass is 19.1. The Morgan fingerprint density at radius 2 is 1.38 bits per heavy atom. The molecule has 0 radical (unpaired) electrons. The molecule has 2 saturated heterocycles. The number of nitrogens with zero attached hydrogens (tertiary/aromatic N) is 5. The van der Waals surface area contributed by atoms with Crippen LogP contribution in [0.25, 0.3) is 44.7 Å². The van der Waals surface area contributed by atoms with Crippen molar-refractivity contribution in [3.05, 3.63) is 96.1 Å². The van der Waals surface area contributed by atoms with Crippen LogP contribution in [-0.4, -0.2) is 104 Å². The van der Waals surface area contributed by atoms with Crippen LogP contribution >= 0.6 is 0 Å². The third-order valence-corrected chi connectivity index (χ3v) is 13.4.